The maximum absolute atomic E-state index is 12.3. The molecule has 0 aliphatic carbocycles. The maximum atomic E-state index is 12.3. The second-order valence-corrected chi connectivity index (χ2v) is 6.13. The monoisotopic (exact) mass is 329 g/mol. The van der Waals surface area contributed by atoms with Gasteiger partial charge in [-0.2, -0.15) is 5.26 Å². The quantitative estimate of drug-likeness (QED) is 0.446. The number of benzene rings is 1. The van der Waals surface area contributed by atoms with Gasteiger partial charge in [-0.1, -0.05) is 35.8 Å². The lowest BCUT2D eigenvalue weighted by Gasteiger charge is -2.15. The molecule has 6 nitrogen and oxygen atoms in total. The van der Waals surface area contributed by atoms with Gasteiger partial charge in [0.25, 0.3) is 0 Å². The van der Waals surface area contributed by atoms with Crippen molar-refractivity contribution in [1.82, 2.24) is 5.09 Å². The smallest absolute Gasteiger partial charge is 0.300 e. The van der Waals surface area contributed by atoms with Crippen LogP contribution < -0.4 is 5.09 Å². The summed E-state index contributed by atoms with van der Waals surface area (Å²) in [6.45, 7) is 4.26. The molecule has 0 radical (unpaired) electrons. The summed E-state index contributed by atoms with van der Waals surface area (Å²) < 4.78 is 22.3. The van der Waals surface area contributed by atoms with Crippen molar-refractivity contribution in [3.8, 4) is 6.07 Å². The normalized spacial score (nSPS) is 14.3. The Morgan fingerprint density at radius 3 is 2.62 bits per heavy atom. The summed E-state index contributed by atoms with van der Waals surface area (Å²) in [5.41, 5.74) is 0.505. The van der Waals surface area contributed by atoms with Gasteiger partial charge in [0, 0.05) is 17.1 Å². The van der Waals surface area contributed by atoms with Gasteiger partial charge in [-0.3, -0.25) is 4.52 Å². The Balaban J connectivity index is 2.89. The molecule has 0 saturated heterocycles. The van der Waals surface area contributed by atoms with Gasteiger partial charge in [-0.15, -0.1) is 0 Å². The summed E-state index contributed by atoms with van der Waals surface area (Å²) in [7, 11) is -3.55. The van der Waals surface area contributed by atoms with E-state index in [1.54, 1.807) is 31.2 Å². The molecule has 8 heteroatoms. The third-order valence-electron chi connectivity index (χ3n) is 2.32. The lowest BCUT2D eigenvalue weighted by Crippen LogP contribution is -2.15. The summed E-state index contributed by atoms with van der Waals surface area (Å²) in [6.07, 6.45) is 0.756. The van der Waals surface area contributed by atoms with Gasteiger partial charge >= 0.3 is 7.75 Å². The Bertz CT molecular complexity index is 569. The van der Waals surface area contributed by atoms with Crippen LogP contribution in [-0.4, -0.2) is 18.9 Å². The lowest BCUT2D eigenvalue weighted by molar-refractivity contribution is 0.210. The van der Waals surface area contributed by atoms with Gasteiger partial charge in [0.1, 0.15) is 6.07 Å². The summed E-state index contributed by atoms with van der Waals surface area (Å²) in [5, 5.41) is 16.0. The van der Waals surface area contributed by atoms with E-state index in [9.17, 15) is 4.57 Å². The molecule has 21 heavy (non-hydrogen) atoms. The lowest BCUT2D eigenvalue weighted by atomic mass is 10.1. The van der Waals surface area contributed by atoms with Crippen LogP contribution >= 0.6 is 19.3 Å². The highest BCUT2D eigenvalue weighted by Gasteiger charge is 2.25. The fourth-order valence-electron chi connectivity index (χ4n) is 1.36. The average Bonchev–Trinajstić information content (AvgIpc) is 2.48. The molecular weight excluding hydrogens is 313 g/mol. The Morgan fingerprint density at radius 1 is 1.43 bits per heavy atom. The van der Waals surface area contributed by atoms with Gasteiger partial charge in [0.2, 0.25) is 0 Å². The molecule has 0 saturated carbocycles. The zero-order chi connectivity index (χ0) is 15.7. The van der Waals surface area contributed by atoms with E-state index in [1.807, 2.05) is 13.0 Å². The Morgan fingerprint density at radius 2 is 2.10 bits per heavy atom. The number of nitriles is 1. The van der Waals surface area contributed by atoms with Crippen LogP contribution in [0.3, 0.4) is 0 Å². The zero-order valence-electron chi connectivity index (χ0n) is 11.9. The highest BCUT2D eigenvalue weighted by Crippen LogP contribution is 2.43. The second-order valence-electron chi connectivity index (χ2n) is 3.96. The molecular formula is C13H17ClN3O3P. The summed E-state index contributed by atoms with van der Waals surface area (Å²) in [5.74, 6) is 0. The van der Waals surface area contributed by atoms with E-state index in [2.05, 4.69) is 10.2 Å². The summed E-state index contributed by atoms with van der Waals surface area (Å²) in [6, 6.07) is 8.39. The van der Waals surface area contributed by atoms with Crippen molar-refractivity contribution in [2.24, 2.45) is 5.16 Å². The molecule has 0 aliphatic rings. The Labute approximate surface area is 129 Å². The predicted octanol–water partition coefficient (Wildman–Crippen LogP) is 3.73. The van der Waals surface area contributed by atoms with Crippen LogP contribution in [0.5, 0.6) is 0 Å². The maximum Gasteiger partial charge on any atom is 0.478 e. The first kappa shape index (κ1) is 17.7. The van der Waals surface area contributed by atoms with Crippen LogP contribution in [0.2, 0.25) is 5.02 Å². The van der Waals surface area contributed by atoms with Crippen molar-refractivity contribution in [2.75, 3.05) is 13.2 Å². The van der Waals surface area contributed by atoms with E-state index >= 15 is 0 Å². The molecule has 0 fully saturated rings. The van der Waals surface area contributed by atoms with Gasteiger partial charge < -0.3 is 4.62 Å². The van der Waals surface area contributed by atoms with Gasteiger partial charge in [0.05, 0.1) is 6.61 Å². The number of rotatable bonds is 8. The van der Waals surface area contributed by atoms with E-state index in [1.165, 1.54) is 0 Å². The number of hydrogen-bond donors (Lipinski definition) is 1. The average molecular weight is 330 g/mol. The Kier molecular flexibility index (Phi) is 7.41. The molecule has 114 valence electrons. The van der Waals surface area contributed by atoms with Crippen molar-refractivity contribution in [3.63, 3.8) is 0 Å². The van der Waals surface area contributed by atoms with E-state index in [-0.39, 0.29) is 12.3 Å². The fourth-order valence-corrected chi connectivity index (χ4v) is 2.71. The number of nitrogens with one attached hydrogen (secondary N) is 1. The minimum absolute atomic E-state index is 0.00936. The number of hydrogen-bond acceptors (Lipinski definition) is 5. The SMILES string of the molecule is CCCNP(=O)(OCC)O/N=C(/C#N)c1ccc(Cl)cc1. The number of halogens is 1. The van der Waals surface area contributed by atoms with Crippen LogP contribution in [0.1, 0.15) is 25.8 Å². The zero-order valence-corrected chi connectivity index (χ0v) is 13.5. The Hall–Kier alpha value is -1.38. The van der Waals surface area contributed by atoms with Crippen molar-refractivity contribution in [3.05, 3.63) is 34.9 Å². The topological polar surface area (TPSA) is 83.7 Å². The minimum atomic E-state index is -3.55. The number of oxime groups is 1. The van der Waals surface area contributed by atoms with Crippen molar-refractivity contribution < 1.29 is 13.7 Å². The van der Waals surface area contributed by atoms with Crippen molar-refractivity contribution in [2.45, 2.75) is 20.3 Å². The van der Waals surface area contributed by atoms with Crippen LogP contribution in [0, 0.1) is 11.3 Å². The van der Waals surface area contributed by atoms with Gasteiger partial charge in [0.15, 0.2) is 5.71 Å². The standard InChI is InChI=1S/C13H17ClN3O3P/c1-3-9-16-21(18,19-4-2)20-17-13(10-15)11-5-7-12(14)8-6-11/h5-8H,3-4,9H2,1-2H3,(H,16,18)/b17-13-. The van der Waals surface area contributed by atoms with Crippen LogP contribution in [0.4, 0.5) is 0 Å². The molecule has 1 N–H and O–H groups in total. The highest BCUT2D eigenvalue weighted by atomic mass is 35.5. The largest absolute Gasteiger partial charge is 0.478 e. The van der Waals surface area contributed by atoms with E-state index in [4.69, 9.17) is 26.0 Å². The molecule has 0 bridgehead atoms. The third kappa shape index (κ3) is 5.86. The van der Waals surface area contributed by atoms with Gasteiger partial charge in [-0.25, -0.2) is 9.65 Å². The van der Waals surface area contributed by atoms with Crippen molar-refractivity contribution >= 4 is 25.1 Å². The van der Waals surface area contributed by atoms with Crippen LogP contribution in [0.25, 0.3) is 0 Å². The van der Waals surface area contributed by atoms with Gasteiger partial charge in [-0.05, 0) is 25.5 Å². The van der Waals surface area contributed by atoms with E-state index < -0.39 is 7.75 Å². The second kappa shape index (κ2) is 8.81. The summed E-state index contributed by atoms with van der Waals surface area (Å²) in [4.78, 5) is 0. The molecule has 0 heterocycles. The molecule has 1 unspecified atom stereocenters. The fraction of sp³-hybridized carbons (Fsp3) is 0.385. The molecule has 1 atom stereocenters. The highest BCUT2D eigenvalue weighted by molar-refractivity contribution is 7.51. The summed E-state index contributed by atoms with van der Waals surface area (Å²) >= 11 is 5.78. The van der Waals surface area contributed by atoms with E-state index in [0.29, 0.717) is 17.1 Å². The van der Waals surface area contributed by atoms with Crippen molar-refractivity contribution in [1.29, 1.82) is 5.26 Å². The third-order valence-corrected chi connectivity index (χ3v) is 4.08. The van der Waals surface area contributed by atoms with Crippen LogP contribution in [-0.2, 0) is 13.7 Å². The molecule has 1 aromatic rings. The van der Waals surface area contributed by atoms with E-state index in [0.717, 1.165) is 6.42 Å². The molecule has 1 aromatic carbocycles. The molecule has 0 amide bonds. The molecule has 0 aromatic heterocycles. The predicted molar refractivity (Wildman–Crippen MR) is 82.2 cm³/mol. The first-order valence-corrected chi connectivity index (χ1v) is 8.39. The van der Waals surface area contributed by atoms with Crippen LogP contribution in [0.15, 0.2) is 29.4 Å². The molecule has 0 spiro atoms. The first-order valence-electron chi connectivity index (χ1n) is 6.47. The number of nitrogens with zero attached hydrogens (tertiary/aromatic N) is 2. The first-order chi connectivity index (χ1) is 10.0. The molecule has 1 rings (SSSR count). The minimum Gasteiger partial charge on any atom is -0.300 e. The molecule has 0 aliphatic heterocycles.